The van der Waals surface area contributed by atoms with E-state index in [9.17, 15) is 18.0 Å². The fourth-order valence-corrected chi connectivity index (χ4v) is 5.23. The summed E-state index contributed by atoms with van der Waals surface area (Å²) in [6.07, 6.45) is 0. The lowest BCUT2D eigenvalue weighted by Crippen LogP contribution is -2.50. The van der Waals surface area contributed by atoms with Crippen molar-refractivity contribution in [3.8, 4) is 11.5 Å². The summed E-state index contributed by atoms with van der Waals surface area (Å²) in [5.41, 5.74) is 1.11. The van der Waals surface area contributed by atoms with E-state index in [1.807, 2.05) is 30.3 Å². The maximum Gasteiger partial charge on any atom is 0.264 e. The molecule has 0 bridgehead atoms. The summed E-state index contributed by atoms with van der Waals surface area (Å²) in [6, 6.07) is 20.9. The number of hydrogen-bond donors (Lipinski definition) is 1. The third-order valence-corrected chi connectivity index (χ3v) is 7.65. The first-order valence-electron chi connectivity index (χ1n) is 11.6. The van der Waals surface area contributed by atoms with E-state index in [4.69, 9.17) is 9.47 Å². The second-order valence-electron chi connectivity index (χ2n) is 8.16. The summed E-state index contributed by atoms with van der Waals surface area (Å²) in [4.78, 5) is 27.5. The standard InChI is InChI=1S/C27H31N3O6S/c1-20(27(32)28-2)29(18-21-11-7-5-8-12-21)26(31)19-30(22-13-9-6-10-14-22)37(33,34)23-15-16-24(35-3)25(17-23)36-4/h5-17,20H,18-19H2,1-4H3,(H,28,32)/t20-/m1/s1. The highest BCUT2D eigenvalue weighted by Gasteiger charge is 2.32. The van der Waals surface area contributed by atoms with Crippen LogP contribution < -0.4 is 19.1 Å². The number of amides is 2. The highest BCUT2D eigenvalue weighted by molar-refractivity contribution is 7.92. The van der Waals surface area contributed by atoms with Crippen molar-refractivity contribution < 1.29 is 27.5 Å². The van der Waals surface area contributed by atoms with E-state index < -0.39 is 28.5 Å². The van der Waals surface area contributed by atoms with E-state index in [1.165, 1.54) is 44.4 Å². The number of carbonyl (C=O) groups excluding carboxylic acids is 2. The molecule has 0 aliphatic carbocycles. The Morgan fingerprint density at radius 2 is 1.49 bits per heavy atom. The Morgan fingerprint density at radius 3 is 2.05 bits per heavy atom. The highest BCUT2D eigenvalue weighted by atomic mass is 32.2. The number of ether oxygens (including phenoxy) is 2. The molecule has 0 aliphatic rings. The van der Waals surface area contributed by atoms with Gasteiger partial charge in [0, 0.05) is 19.7 Å². The summed E-state index contributed by atoms with van der Waals surface area (Å²) < 4.78 is 39.3. The van der Waals surface area contributed by atoms with Crippen LogP contribution in [0.2, 0.25) is 0 Å². The zero-order valence-electron chi connectivity index (χ0n) is 21.2. The molecule has 0 saturated carbocycles. The SMILES string of the molecule is CNC(=O)[C@@H](C)N(Cc1ccccc1)C(=O)CN(c1ccccc1)S(=O)(=O)c1ccc(OC)c(OC)c1. The van der Waals surface area contributed by atoms with Crippen LogP contribution in [0.25, 0.3) is 0 Å². The van der Waals surface area contributed by atoms with Gasteiger partial charge in [0.15, 0.2) is 11.5 Å². The number of carbonyl (C=O) groups is 2. The van der Waals surface area contributed by atoms with Crippen LogP contribution in [0.3, 0.4) is 0 Å². The van der Waals surface area contributed by atoms with Gasteiger partial charge in [0.2, 0.25) is 11.8 Å². The van der Waals surface area contributed by atoms with Crippen molar-refractivity contribution in [2.24, 2.45) is 0 Å². The Labute approximate surface area is 217 Å². The lowest BCUT2D eigenvalue weighted by molar-refractivity contribution is -0.139. The maximum atomic E-state index is 13.9. The smallest absolute Gasteiger partial charge is 0.264 e. The number of anilines is 1. The van der Waals surface area contributed by atoms with Crippen molar-refractivity contribution in [3.63, 3.8) is 0 Å². The second kappa shape index (κ2) is 12.3. The summed E-state index contributed by atoms with van der Waals surface area (Å²) >= 11 is 0. The van der Waals surface area contributed by atoms with E-state index in [1.54, 1.807) is 37.3 Å². The number of methoxy groups -OCH3 is 2. The third kappa shape index (κ3) is 6.39. The third-order valence-electron chi connectivity index (χ3n) is 5.88. The van der Waals surface area contributed by atoms with Gasteiger partial charge < -0.3 is 19.7 Å². The number of likely N-dealkylation sites (N-methyl/N-ethyl adjacent to an activating group) is 1. The number of para-hydroxylation sites is 1. The number of nitrogens with one attached hydrogen (secondary N) is 1. The molecule has 2 amide bonds. The van der Waals surface area contributed by atoms with E-state index in [0.717, 1.165) is 9.87 Å². The first kappa shape index (κ1) is 27.5. The zero-order chi connectivity index (χ0) is 27.0. The van der Waals surface area contributed by atoms with Gasteiger partial charge in [-0.25, -0.2) is 8.42 Å². The number of benzene rings is 3. The van der Waals surface area contributed by atoms with Gasteiger partial charge >= 0.3 is 0 Å². The summed E-state index contributed by atoms with van der Waals surface area (Å²) in [5, 5.41) is 2.56. The first-order valence-corrected chi connectivity index (χ1v) is 13.0. The van der Waals surface area contributed by atoms with Crippen LogP contribution >= 0.6 is 0 Å². The predicted molar refractivity (Wildman–Crippen MR) is 141 cm³/mol. The molecule has 1 N–H and O–H groups in total. The average molecular weight is 526 g/mol. The molecule has 0 saturated heterocycles. The molecule has 3 rings (SSSR count). The zero-order valence-corrected chi connectivity index (χ0v) is 22.1. The van der Waals surface area contributed by atoms with E-state index in [0.29, 0.717) is 11.4 Å². The molecule has 0 spiro atoms. The Morgan fingerprint density at radius 1 is 0.892 bits per heavy atom. The first-order chi connectivity index (χ1) is 17.7. The van der Waals surface area contributed by atoms with Gasteiger partial charge in [-0.05, 0) is 36.8 Å². The molecule has 0 radical (unpaired) electrons. The van der Waals surface area contributed by atoms with Crippen molar-refractivity contribution in [1.82, 2.24) is 10.2 Å². The number of nitrogens with zero attached hydrogens (tertiary/aromatic N) is 2. The summed E-state index contributed by atoms with van der Waals surface area (Å²) in [7, 11) is 0.138. The molecule has 0 aromatic heterocycles. The monoisotopic (exact) mass is 525 g/mol. The lowest BCUT2D eigenvalue weighted by atomic mass is 10.1. The van der Waals surface area contributed by atoms with E-state index >= 15 is 0 Å². The van der Waals surface area contributed by atoms with Crippen molar-refractivity contribution in [3.05, 3.63) is 84.4 Å². The van der Waals surface area contributed by atoms with Crippen molar-refractivity contribution in [1.29, 1.82) is 0 Å². The van der Waals surface area contributed by atoms with Crippen LogP contribution in [0.15, 0.2) is 83.8 Å². The minimum Gasteiger partial charge on any atom is -0.493 e. The van der Waals surface area contributed by atoms with Crippen LogP contribution in [0, 0.1) is 0 Å². The quantitative estimate of drug-likeness (QED) is 0.413. The largest absolute Gasteiger partial charge is 0.493 e. The molecular formula is C27H31N3O6S. The van der Waals surface area contributed by atoms with E-state index in [-0.39, 0.29) is 23.1 Å². The van der Waals surface area contributed by atoms with Crippen LogP contribution in [0.1, 0.15) is 12.5 Å². The number of rotatable bonds is 11. The average Bonchev–Trinajstić information content (AvgIpc) is 2.94. The molecule has 0 unspecified atom stereocenters. The lowest BCUT2D eigenvalue weighted by Gasteiger charge is -2.31. The highest BCUT2D eigenvalue weighted by Crippen LogP contribution is 2.32. The van der Waals surface area contributed by atoms with Gasteiger partial charge in [0.25, 0.3) is 10.0 Å². The van der Waals surface area contributed by atoms with Gasteiger partial charge in [-0.15, -0.1) is 0 Å². The fraction of sp³-hybridized carbons (Fsp3) is 0.259. The number of hydrogen-bond acceptors (Lipinski definition) is 6. The topological polar surface area (TPSA) is 105 Å². The van der Waals surface area contributed by atoms with Gasteiger partial charge in [-0.2, -0.15) is 0 Å². The minimum absolute atomic E-state index is 0.0734. The molecule has 37 heavy (non-hydrogen) atoms. The van der Waals surface area contributed by atoms with Crippen LogP contribution in [-0.2, 0) is 26.2 Å². The fourth-order valence-electron chi connectivity index (χ4n) is 3.80. The van der Waals surface area contributed by atoms with Crippen LogP contribution in [0.5, 0.6) is 11.5 Å². The van der Waals surface area contributed by atoms with Crippen molar-refractivity contribution in [2.45, 2.75) is 24.4 Å². The molecule has 9 nitrogen and oxygen atoms in total. The van der Waals surface area contributed by atoms with Gasteiger partial charge in [-0.3, -0.25) is 13.9 Å². The summed E-state index contributed by atoms with van der Waals surface area (Å²) in [6.45, 7) is 1.22. The van der Waals surface area contributed by atoms with Crippen molar-refractivity contribution in [2.75, 3.05) is 32.1 Å². The normalized spacial score (nSPS) is 11.8. The van der Waals surface area contributed by atoms with Crippen LogP contribution in [-0.4, -0.2) is 59.0 Å². The van der Waals surface area contributed by atoms with Crippen LogP contribution in [0.4, 0.5) is 5.69 Å². The Bertz CT molecular complexity index is 1320. The maximum absolute atomic E-state index is 13.9. The predicted octanol–water partition coefficient (Wildman–Crippen LogP) is 3.06. The van der Waals surface area contributed by atoms with Crippen molar-refractivity contribution >= 4 is 27.5 Å². The Hall–Kier alpha value is -4.05. The molecule has 3 aromatic rings. The van der Waals surface area contributed by atoms with Gasteiger partial charge in [-0.1, -0.05) is 48.5 Å². The molecule has 0 aliphatic heterocycles. The minimum atomic E-state index is -4.21. The Balaban J connectivity index is 2.03. The second-order valence-corrected chi connectivity index (χ2v) is 10.0. The molecule has 0 fully saturated rings. The molecule has 1 atom stereocenters. The molecule has 10 heteroatoms. The molecule has 0 heterocycles. The number of sulfonamides is 1. The molecular weight excluding hydrogens is 494 g/mol. The Kier molecular flexibility index (Phi) is 9.13. The molecule has 196 valence electrons. The molecule has 3 aromatic carbocycles. The van der Waals surface area contributed by atoms with Gasteiger partial charge in [0.05, 0.1) is 24.8 Å². The summed E-state index contributed by atoms with van der Waals surface area (Å²) in [5.74, 6) is -0.287. The van der Waals surface area contributed by atoms with Gasteiger partial charge in [0.1, 0.15) is 12.6 Å². The van der Waals surface area contributed by atoms with E-state index in [2.05, 4.69) is 5.32 Å².